The van der Waals surface area contributed by atoms with Gasteiger partial charge >= 0.3 is 13.8 Å². The van der Waals surface area contributed by atoms with Gasteiger partial charge in [0.1, 0.15) is 5.75 Å². The second kappa shape index (κ2) is 7.91. The molecule has 0 aliphatic carbocycles. The Morgan fingerprint density at radius 1 is 1.28 bits per heavy atom. The first kappa shape index (κ1) is 19.3. The highest BCUT2D eigenvalue weighted by molar-refractivity contribution is 7.56. The lowest BCUT2D eigenvalue weighted by Gasteiger charge is -2.18. The summed E-state index contributed by atoms with van der Waals surface area (Å²) in [5.41, 5.74) is 1.64. The van der Waals surface area contributed by atoms with E-state index in [2.05, 4.69) is 14.7 Å². The van der Waals surface area contributed by atoms with Crippen LogP contribution < -0.4 is 9.82 Å². The monoisotopic (exact) mass is 369 g/mol. The van der Waals surface area contributed by atoms with Gasteiger partial charge in [-0.25, -0.2) is 14.4 Å². The van der Waals surface area contributed by atoms with Gasteiger partial charge in [0.05, 0.1) is 19.7 Å². The average Bonchev–Trinajstić information content (AvgIpc) is 2.98. The summed E-state index contributed by atoms with van der Waals surface area (Å²) in [6, 6.07) is 5.52. The van der Waals surface area contributed by atoms with E-state index >= 15 is 0 Å². The van der Waals surface area contributed by atoms with Gasteiger partial charge in [0.15, 0.2) is 0 Å². The van der Waals surface area contributed by atoms with Crippen LogP contribution in [-0.4, -0.2) is 57.3 Å². The summed E-state index contributed by atoms with van der Waals surface area (Å²) in [6.45, 7) is 0.826. The number of likely N-dealkylation sites (N-methyl/N-ethyl adjacent to an activating group) is 1. The summed E-state index contributed by atoms with van der Waals surface area (Å²) in [7, 11) is 4.31. The van der Waals surface area contributed by atoms with Gasteiger partial charge in [0.2, 0.25) is 0 Å². The van der Waals surface area contributed by atoms with Crippen LogP contribution in [0.15, 0.2) is 24.4 Å². The number of nitrogens with one attached hydrogen (secondary N) is 1. The van der Waals surface area contributed by atoms with Gasteiger partial charge < -0.3 is 18.9 Å². The highest BCUT2D eigenvalue weighted by Crippen LogP contribution is 2.47. The molecular formula is C16H24N3O5P. The predicted octanol–water partition coefficient (Wildman–Crippen LogP) is 2.71. The first-order valence-corrected chi connectivity index (χ1v) is 9.28. The SMILES string of the molecule is COC(=O)NP(=O)(OC)n1cc(CCN(C)C)c2ccc(OC)cc21. The second-order valence-corrected chi connectivity index (χ2v) is 7.80. The highest BCUT2D eigenvalue weighted by Gasteiger charge is 2.30. The molecule has 2 aromatic rings. The lowest BCUT2D eigenvalue weighted by atomic mass is 10.1. The number of nitrogens with zero attached hydrogens (tertiary/aromatic N) is 2. The van der Waals surface area contributed by atoms with E-state index in [-0.39, 0.29) is 0 Å². The van der Waals surface area contributed by atoms with Gasteiger partial charge in [-0.2, -0.15) is 0 Å². The van der Waals surface area contributed by atoms with Crippen molar-refractivity contribution >= 4 is 24.7 Å². The van der Waals surface area contributed by atoms with Crippen molar-refractivity contribution in [1.29, 1.82) is 0 Å². The third-order valence-corrected chi connectivity index (χ3v) is 5.71. The van der Waals surface area contributed by atoms with E-state index < -0.39 is 13.8 Å². The zero-order valence-corrected chi connectivity index (χ0v) is 16.0. The summed E-state index contributed by atoms with van der Waals surface area (Å²) < 4.78 is 29.7. The molecule has 1 heterocycles. The van der Waals surface area contributed by atoms with Gasteiger partial charge in [0, 0.05) is 31.3 Å². The molecule has 0 spiro atoms. The van der Waals surface area contributed by atoms with E-state index in [9.17, 15) is 9.36 Å². The number of rotatable bonds is 7. The number of hydrogen-bond donors (Lipinski definition) is 1. The molecule has 25 heavy (non-hydrogen) atoms. The van der Waals surface area contributed by atoms with Crippen LogP contribution in [0.1, 0.15) is 5.56 Å². The number of carbonyl (C=O) groups is 1. The smallest absolute Gasteiger partial charge is 0.415 e. The van der Waals surface area contributed by atoms with Gasteiger partial charge in [-0.15, -0.1) is 0 Å². The van der Waals surface area contributed by atoms with Crippen molar-refractivity contribution in [3.8, 4) is 5.75 Å². The van der Waals surface area contributed by atoms with E-state index in [1.54, 1.807) is 19.4 Å². The number of hydrogen-bond acceptors (Lipinski definition) is 6. The quantitative estimate of drug-likeness (QED) is 0.756. The van der Waals surface area contributed by atoms with E-state index in [1.165, 1.54) is 18.6 Å². The minimum absolute atomic E-state index is 0.617. The van der Waals surface area contributed by atoms with Crippen LogP contribution in [0.25, 0.3) is 10.9 Å². The number of benzene rings is 1. The molecule has 0 aliphatic heterocycles. The van der Waals surface area contributed by atoms with Crippen LogP contribution in [0.2, 0.25) is 0 Å². The summed E-state index contributed by atoms with van der Waals surface area (Å²) in [5.74, 6) is 0.617. The Labute approximate surface area is 147 Å². The van der Waals surface area contributed by atoms with E-state index in [0.717, 1.165) is 23.9 Å². The maximum absolute atomic E-state index is 13.2. The number of carbonyl (C=O) groups excluding carboxylic acids is 1. The first-order chi connectivity index (χ1) is 11.8. The molecule has 1 N–H and O–H groups in total. The molecule has 0 fully saturated rings. The molecule has 1 atom stereocenters. The van der Waals surface area contributed by atoms with Crippen LogP contribution in [0.4, 0.5) is 4.79 Å². The highest BCUT2D eigenvalue weighted by atomic mass is 31.2. The van der Waals surface area contributed by atoms with Crippen molar-refractivity contribution in [3.63, 3.8) is 0 Å². The molecule has 8 nitrogen and oxygen atoms in total. The van der Waals surface area contributed by atoms with Gasteiger partial charge in [0.25, 0.3) is 0 Å². The van der Waals surface area contributed by atoms with Crippen LogP contribution >= 0.6 is 7.67 Å². The number of methoxy groups -OCH3 is 2. The lowest BCUT2D eigenvalue weighted by Crippen LogP contribution is -2.24. The Morgan fingerprint density at radius 3 is 2.56 bits per heavy atom. The summed E-state index contributed by atoms with van der Waals surface area (Å²) in [5, 5.41) is 3.22. The zero-order chi connectivity index (χ0) is 18.6. The Hall–Kier alpha value is -2.02. The van der Waals surface area contributed by atoms with E-state index in [1.807, 2.05) is 26.2 Å². The van der Waals surface area contributed by atoms with Crippen molar-refractivity contribution in [2.45, 2.75) is 6.42 Å². The van der Waals surface area contributed by atoms with Crippen LogP contribution in [0.5, 0.6) is 5.75 Å². The van der Waals surface area contributed by atoms with Crippen LogP contribution in [-0.2, 0) is 20.2 Å². The Kier molecular flexibility index (Phi) is 6.11. The van der Waals surface area contributed by atoms with Gasteiger partial charge in [-0.1, -0.05) is 0 Å². The fourth-order valence-electron chi connectivity index (χ4n) is 2.50. The Morgan fingerprint density at radius 2 is 2.00 bits per heavy atom. The zero-order valence-electron chi connectivity index (χ0n) is 15.1. The molecule has 1 aromatic heterocycles. The van der Waals surface area contributed by atoms with E-state index in [4.69, 9.17) is 9.26 Å². The molecule has 0 aliphatic rings. The van der Waals surface area contributed by atoms with Gasteiger partial charge in [-0.3, -0.25) is 4.34 Å². The fourth-order valence-corrected chi connectivity index (χ4v) is 3.93. The molecule has 2 rings (SSSR count). The number of fused-ring (bicyclic) bond motifs is 1. The molecule has 0 saturated heterocycles. The maximum Gasteiger partial charge on any atom is 0.415 e. The van der Waals surface area contributed by atoms with E-state index in [0.29, 0.717) is 11.3 Å². The molecule has 0 radical (unpaired) electrons. The molecule has 9 heteroatoms. The van der Waals surface area contributed by atoms with Crippen molar-refractivity contribution in [2.24, 2.45) is 0 Å². The standard InChI is InChI=1S/C16H24N3O5P/c1-18(2)9-8-12-11-19(25(21,24-5)17-16(20)23-4)15-10-13(22-3)6-7-14(12)15/h6-7,10-11H,8-9H2,1-5H3,(H,17,20,21). The summed E-state index contributed by atoms with van der Waals surface area (Å²) in [4.78, 5) is 13.7. The predicted molar refractivity (Wildman–Crippen MR) is 96.3 cm³/mol. The van der Waals surface area contributed by atoms with Crippen LogP contribution in [0.3, 0.4) is 0 Å². The van der Waals surface area contributed by atoms with Crippen molar-refractivity contribution in [1.82, 2.24) is 14.3 Å². The summed E-state index contributed by atoms with van der Waals surface area (Å²) in [6.07, 6.45) is 1.67. The molecule has 138 valence electrons. The topological polar surface area (TPSA) is 82.0 Å². The lowest BCUT2D eigenvalue weighted by molar-refractivity contribution is 0.175. The number of amides is 1. The van der Waals surface area contributed by atoms with Crippen molar-refractivity contribution in [2.75, 3.05) is 42.0 Å². The molecule has 1 aromatic carbocycles. The second-order valence-electron chi connectivity index (χ2n) is 5.74. The minimum Gasteiger partial charge on any atom is -0.497 e. The third-order valence-electron chi connectivity index (χ3n) is 3.85. The summed E-state index contributed by atoms with van der Waals surface area (Å²) >= 11 is 0. The minimum atomic E-state index is -3.70. The molecule has 1 unspecified atom stereocenters. The molecule has 0 saturated carbocycles. The molecule has 0 bridgehead atoms. The number of ether oxygens (including phenoxy) is 2. The number of aromatic nitrogens is 1. The average molecular weight is 369 g/mol. The van der Waals surface area contributed by atoms with Crippen molar-refractivity contribution < 1.29 is 23.4 Å². The van der Waals surface area contributed by atoms with Crippen molar-refractivity contribution in [3.05, 3.63) is 30.0 Å². The fraction of sp³-hybridized carbons (Fsp3) is 0.438. The first-order valence-electron chi connectivity index (χ1n) is 7.70. The maximum atomic E-state index is 13.2. The molecular weight excluding hydrogens is 345 g/mol. The van der Waals surface area contributed by atoms with Gasteiger partial charge in [-0.05, 0) is 38.2 Å². The normalized spacial score (nSPS) is 13.7. The largest absolute Gasteiger partial charge is 0.497 e. The third kappa shape index (κ3) is 4.15. The molecule has 1 amide bonds. The van der Waals surface area contributed by atoms with Crippen LogP contribution in [0, 0.1) is 0 Å². The Balaban J connectivity index is 2.60. The Bertz CT molecular complexity index is 802.